The topological polar surface area (TPSA) is 60.2 Å². The van der Waals surface area contributed by atoms with Crippen molar-refractivity contribution in [3.05, 3.63) is 29.8 Å². The van der Waals surface area contributed by atoms with Gasteiger partial charge in [-0.2, -0.15) is 0 Å². The van der Waals surface area contributed by atoms with Crippen LogP contribution >= 0.6 is 0 Å². The molecule has 1 aromatic rings. The van der Waals surface area contributed by atoms with Crippen molar-refractivity contribution >= 4 is 10.0 Å². The molecular formula is C18H31NO2S. The molecule has 0 unspecified atom stereocenters. The summed E-state index contributed by atoms with van der Waals surface area (Å²) in [6.45, 7) is 2.25. The van der Waals surface area contributed by atoms with Gasteiger partial charge >= 0.3 is 0 Å². The number of hydrogen-bond donors (Lipinski definition) is 1. The van der Waals surface area contributed by atoms with Gasteiger partial charge in [0.25, 0.3) is 0 Å². The predicted octanol–water partition coefficient (Wildman–Crippen LogP) is 4.80. The molecule has 2 N–H and O–H groups in total. The Morgan fingerprint density at radius 2 is 1.23 bits per heavy atom. The van der Waals surface area contributed by atoms with Gasteiger partial charge in [-0.25, -0.2) is 13.6 Å². The molecule has 22 heavy (non-hydrogen) atoms. The lowest BCUT2D eigenvalue weighted by Gasteiger charge is -2.04. The molecule has 0 bridgehead atoms. The molecule has 126 valence electrons. The van der Waals surface area contributed by atoms with Crippen LogP contribution in [0.2, 0.25) is 0 Å². The summed E-state index contributed by atoms with van der Waals surface area (Å²) in [5.41, 5.74) is 1.19. The van der Waals surface area contributed by atoms with Crippen molar-refractivity contribution < 1.29 is 8.42 Å². The van der Waals surface area contributed by atoms with E-state index in [4.69, 9.17) is 5.14 Å². The number of benzene rings is 1. The van der Waals surface area contributed by atoms with E-state index in [1.165, 1.54) is 69.8 Å². The van der Waals surface area contributed by atoms with E-state index in [0.29, 0.717) is 0 Å². The van der Waals surface area contributed by atoms with E-state index in [0.717, 1.165) is 6.42 Å². The average Bonchev–Trinajstić information content (AvgIpc) is 2.49. The smallest absolute Gasteiger partial charge is 0.225 e. The SMILES string of the molecule is CCCCCCCCCCCCc1ccc(S(N)(=O)=O)cc1. The summed E-state index contributed by atoms with van der Waals surface area (Å²) in [6, 6.07) is 6.93. The molecule has 1 aromatic carbocycles. The number of aryl methyl sites for hydroxylation is 1. The molecule has 0 amide bonds. The minimum absolute atomic E-state index is 0.194. The molecule has 0 aliphatic heterocycles. The van der Waals surface area contributed by atoms with Gasteiger partial charge in [-0.05, 0) is 30.5 Å². The third-order valence-corrected chi connectivity index (χ3v) is 5.00. The molecule has 0 aliphatic rings. The van der Waals surface area contributed by atoms with E-state index in [-0.39, 0.29) is 4.90 Å². The van der Waals surface area contributed by atoms with E-state index >= 15 is 0 Å². The van der Waals surface area contributed by atoms with Crippen LogP contribution in [0.4, 0.5) is 0 Å². The predicted molar refractivity (Wildman–Crippen MR) is 93.4 cm³/mol. The van der Waals surface area contributed by atoms with Crippen molar-refractivity contribution in [3.8, 4) is 0 Å². The highest BCUT2D eigenvalue weighted by Crippen LogP contribution is 2.14. The molecule has 0 aromatic heterocycles. The molecule has 0 saturated heterocycles. The fraction of sp³-hybridized carbons (Fsp3) is 0.667. The zero-order valence-electron chi connectivity index (χ0n) is 13.9. The second kappa shape index (κ2) is 10.8. The quantitative estimate of drug-likeness (QED) is 0.561. The first-order valence-corrected chi connectivity index (χ1v) is 10.2. The standard InChI is InChI=1S/C18H31NO2S/c1-2-3-4-5-6-7-8-9-10-11-12-17-13-15-18(16-14-17)22(19,20)21/h13-16H,2-12H2,1H3,(H2,19,20,21). The zero-order valence-corrected chi connectivity index (χ0v) is 14.7. The minimum atomic E-state index is -3.56. The van der Waals surface area contributed by atoms with E-state index in [9.17, 15) is 8.42 Å². The maximum atomic E-state index is 11.2. The molecular weight excluding hydrogens is 294 g/mol. The van der Waals surface area contributed by atoms with Crippen molar-refractivity contribution in [2.75, 3.05) is 0 Å². The highest BCUT2D eigenvalue weighted by atomic mass is 32.2. The summed E-state index contributed by atoms with van der Waals surface area (Å²) >= 11 is 0. The van der Waals surface area contributed by atoms with Crippen molar-refractivity contribution in [2.45, 2.75) is 82.4 Å². The summed E-state index contributed by atoms with van der Waals surface area (Å²) < 4.78 is 22.3. The van der Waals surface area contributed by atoms with Gasteiger partial charge < -0.3 is 0 Å². The minimum Gasteiger partial charge on any atom is -0.225 e. The summed E-state index contributed by atoms with van der Waals surface area (Å²) in [5, 5.41) is 5.09. The largest absolute Gasteiger partial charge is 0.238 e. The Bertz CT molecular complexity index is 494. The fourth-order valence-electron chi connectivity index (χ4n) is 2.66. The van der Waals surface area contributed by atoms with Crippen LogP contribution in [0.5, 0.6) is 0 Å². The van der Waals surface area contributed by atoms with Gasteiger partial charge in [-0.3, -0.25) is 0 Å². The van der Waals surface area contributed by atoms with E-state index in [2.05, 4.69) is 6.92 Å². The number of rotatable bonds is 12. The zero-order chi connectivity index (χ0) is 16.3. The molecule has 1 rings (SSSR count). The van der Waals surface area contributed by atoms with Gasteiger partial charge in [-0.1, -0.05) is 76.8 Å². The number of sulfonamides is 1. The monoisotopic (exact) mass is 325 g/mol. The molecule has 3 nitrogen and oxygen atoms in total. The molecule has 4 heteroatoms. The first-order chi connectivity index (χ1) is 10.5. The van der Waals surface area contributed by atoms with Gasteiger partial charge in [0.2, 0.25) is 10.0 Å². The first-order valence-electron chi connectivity index (χ1n) is 8.66. The Morgan fingerprint density at radius 3 is 1.68 bits per heavy atom. The van der Waals surface area contributed by atoms with Crippen LogP contribution in [0.3, 0.4) is 0 Å². The lowest BCUT2D eigenvalue weighted by Crippen LogP contribution is -2.11. The van der Waals surface area contributed by atoms with Gasteiger partial charge in [0.05, 0.1) is 4.90 Å². The molecule has 0 heterocycles. The van der Waals surface area contributed by atoms with Crippen molar-refractivity contribution in [3.63, 3.8) is 0 Å². The third kappa shape index (κ3) is 8.54. The molecule has 0 spiro atoms. The molecule has 0 atom stereocenters. The Labute approximate surface area is 136 Å². The Kier molecular flexibility index (Phi) is 9.41. The first kappa shape index (κ1) is 19.2. The van der Waals surface area contributed by atoms with Crippen molar-refractivity contribution in [2.24, 2.45) is 5.14 Å². The van der Waals surface area contributed by atoms with Crippen LogP contribution in [0.25, 0.3) is 0 Å². The van der Waals surface area contributed by atoms with Crippen LogP contribution in [0.15, 0.2) is 29.2 Å². The molecule has 0 aliphatic carbocycles. The number of primary sulfonamides is 1. The lowest BCUT2D eigenvalue weighted by molar-refractivity contribution is 0.556. The van der Waals surface area contributed by atoms with E-state index < -0.39 is 10.0 Å². The van der Waals surface area contributed by atoms with Crippen LogP contribution in [0.1, 0.15) is 76.7 Å². The third-order valence-electron chi connectivity index (χ3n) is 4.07. The lowest BCUT2D eigenvalue weighted by atomic mass is 10.0. The van der Waals surface area contributed by atoms with Crippen molar-refractivity contribution in [1.29, 1.82) is 0 Å². The maximum absolute atomic E-state index is 11.2. The van der Waals surface area contributed by atoms with E-state index in [1.807, 2.05) is 12.1 Å². The molecule has 0 radical (unpaired) electrons. The summed E-state index contributed by atoms with van der Waals surface area (Å²) in [6.07, 6.45) is 14.3. The summed E-state index contributed by atoms with van der Waals surface area (Å²) in [4.78, 5) is 0.194. The van der Waals surface area contributed by atoms with Crippen LogP contribution in [-0.2, 0) is 16.4 Å². The van der Waals surface area contributed by atoms with Crippen LogP contribution < -0.4 is 5.14 Å². The Morgan fingerprint density at radius 1 is 0.773 bits per heavy atom. The van der Waals surface area contributed by atoms with Gasteiger partial charge in [0.1, 0.15) is 0 Å². The van der Waals surface area contributed by atoms with Gasteiger partial charge in [0.15, 0.2) is 0 Å². The maximum Gasteiger partial charge on any atom is 0.238 e. The number of nitrogens with two attached hydrogens (primary N) is 1. The number of unbranched alkanes of at least 4 members (excludes halogenated alkanes) is 9. The highest BCUT2D eigenvalue weighted by molar-refractivity contribution is 7.89. The normalized spacial score (nSPS) is 11.7. The Balaban J connectivity index is 2.05. The van der Waals surface area contributed by atoms with Crippen LogP contribution in [-0.4, -0.2) is 8.42 Å². The van der Waals surface area contributed by atoms with Crippen LogP contribution in [0, 0.1) is 0 Å². The Hall–Kier alpha value is -0.870. The summed E-state index contributed by atoms with van der Waals surface area (Å²) in [5.74, 6) is 0. The fourth-order valence-corrected chi connectivity index (χ4v) is 3.18. The van der Waals surface area contributed by atoms with Crippen molar-refractivity contribution in [1.82, 2.24) is 0 Å². The second-order valence-corrected chi connectivity index (χ2v) is 7.68. The number of hydrogen-bond acceptors (Lipinski definition) is 2. The molecule has 0 fully saturated rings. The summed E-state index contributed by atoms with van der Waals surface area (Å²) in [7, 11) is -3.56. The van der Waals surface area contributed by atoms with Gasteiger partial charge in [-0.15, -0.1) is 0 Å². The van der Waals surface area contributed by atoms with Gasteiger partial charge in [0, 0.05) is 0 Å². The average molecular weight is 326 g/mol. The highest BCUT2D eigenvalue weighted by Gasteiger charge is 2.06. The molecule has 0 saturated carbocycles. The second-order valence-electron chi connectivity index (χ2n) is 6.12. The van der Waals surface area contributed by atoms with E-state index in [1.54, 1.807) is 12.1 Å².